The highest BCUT2D eigenvalue weighted by Crippen LogP contribution is 2.20. The Hall–Kier alpha value is -2.73. The van der Waals surface area contributed by atoms with Gasteiger partial charge in [-0.25, -0.2) is 4.39 Å². The fourth-order valence-electron chi connectivity index (χ4n) is 2.96. The fraction of sp³-hybridized carbons (Fsp3) is 0.300. The number of carbonyl (C=O) groups excluding carboxylic acids is 2. The molecule has 2 N–H and O–H groups in total. The van der Waals surface area contributed by atoms with E-state index in [0.29, 0.717) is 24.3 Å². The first kappa shape index (κ1) is 18.1. The van der Waals surface area contributed by atoms with Crippen molar-refractivity contribution < 1.29 is 14.0 Å². The van der Waals surface area contributed by atoms with Crippen molar-refractivity contribution in [2.45, 2.75) is 13.3 Å². The summed E-state index contributed by atoms with van der Waals surface area (Å²) in [6.45, 7) is 4.87. The van der Waals surface area contributed by atoms with Crippen LogP contribution in [-0.2, 0) is 0 Å². The van der Waals surface area contributed by atoms with Gasteiger partial charge in [0.1, 0.15) is 5.82 Å². The molecule has 0 spiro atoms. The van der Waals surface area contributed by atoms with Gasteiger partial charge in [0, 0.05) is 30.9 Å². The maximum atomic E-state index is 13.8. The maximum Gasteiger partial charge on any atom is 0.258 e. The molecule has 0 bridgehead atoms. The number of hydrogen-bond acceptors (Lipinski definition) is 3. The van der Waals surface area contributed by atoms with Gasteiger partial charge >= 0.3 is 0 Å². The van der Waals surface area contributed by atoms with Crippen molar-refractivity contribution in [3.63, 3.8) is 0 Å². The largest absolute Gasteiger partial charge is 0.337 e. The lowest BCUT2D eigenvalue weighted by Gasteiger charge is -2.20. The quantitative estimate of drug-likeness (QED) is 0.890. The molecule has 0 aliphatic carbocycles. The van der Waals surface area contributed by atoms with E-state index in [0.717, 1.165) is 25.1 Å². The van der Waals surface area contributed by atoms with Crippen LogP contribution in [0.5, 0.6) is 0 Å². The van der Waals surface area contributed by atoms with Crippen molar-refractivity contribution in [2.24, 2.45) is 0 Å². The molecule has 1 saturated heterocycles. The van der Waals surface area contributed by atoms with E-state index in [1.807, 2.05) is 11.8 Å². The summed E-state index contributed by atoms with van der Waals surface area (Å²) in [5, 5.41) is 5.98. The van der Waals surface area contributed by atoms with Crippen LogP contribution in [0.2, 0.25) is 0 Å². The van der Waals surface area contributed by atoms with Gasteiger partial charge in [-0.05, 0) is 49.7 Å². The number of amides is 2. The SMILES string of the molecule is Cc1ccc(C(=O)N2CCCNCC2)cc1NC(=O)c1ccccc1F. The van der Waals surface area contributed by atoms with Gasteiger partial charge in [-0.3, -0.25) is 9.59 Å². The van der Waals surface area contributed by atoms with Crippen molar-refractivity contribution in [3.8, 4) is 0 Å². The maximum absolute atomic E-state index is 13.8. The topological polar surface area (TPSA) is 61.4 Å². The third-order valence-electron chi connectivity index (χ3n) is 4.48. The Bertz CT molecular complexity index is 814. The van der Waals surface area contributed by atoms with Crippen LogP contribution in [-0.4, -0.2) is 42.9 Å². The molecule has 2 aromatic rings. The molecule has 26 heavy (non-hydrogen) atoms. The average molecular weight is 355 g/mol. The summed E-state index contributed by atoms with van der Waals surface area (Å²) in [4.78, 5) is 26.9. The Morgan fingerprint density at radius 1 is 1.12 bits per heavy atom. The van der Waals surface area contributed by atoms with Crippen LogP contribution in [0.1, 0.15) is 32.7 Å². The molecule has 0 unspecified atom stereocenters. The molecule has 0 radical (unpaired) electrons. The molecule has 1 aliphatic rings. The second-order valence-corrected chi connectivity index (χ2v) is 6.36. The Morgan fingerprint density at radius 2 is 1.92 bits per heavy atom. The number of halogens is 1. The molecular weight excluding hydrogens is 333 g/mol. The van der Waals surface area contributed by atoms with Gasteiger partial charge < -0.3 is 15.5 Å². The van der Waals surface area contributed by atoms with E-state index in [9.17, 15) is 14.0 Å². The Kier molecular flexibility index (Phi) is 5.63. The minimum Gasteiger partial charge on any atom is -0.337 e. The predicted molar refractivity (Wildman–Crippen MR) is 98.9 cm³/mol. The van der Waals surface area contributed by atoms with E-state index < -0.39 is 11.7 Å². The van der Waals surface area contributed by atoms with Crippen molar-refractivity contribution >= 4 is 17.5 Å². The second-order valence-electron chi connectivity index (χ2n) is 6.36. The minimum atomic E-state index is -0.577. The molecule has 0 aromatic heterocycles. The van der Waals surface area contributed by atoms with Gasteiger partial charge in [0.2, 0.25) is 0 Å². The first-order valence-corrected chi connectivity index (χ1v) is 8.73. The molecule has 2 aromatic carbocycles. The molecule has 1 fully saturated rings. The fourth-order valence-corrected chi connectivity index (χ4v) is 2.96. The summed E-state index contributed by atoms with van der Waals surface area (Å²) < 4.78 is 13.8. The Morgan fingerprint density at radius 3 is 2.73 bits per heavy atom. The molecule has 6 heteroatoms. The Balaban J connectivity index is 1.80. The lowest BCUT2D eigenvalue weighted by molar-refractivity contribution is 0.0766. The second kappa shape index (κ2) is 8.10. The average Bonchev–Trinajstić information content (AvgIpc) is 2.92. The Labute approximate surface area is 152 Å². The smallest absolute Gasteiger partial charge is 0.258 e. The van der Waals surface area contributed by atoms with Crippen LogP contribution in [0.3, 0.4) is 0 Å². The molecule has 0 saturated carbocycles. The van der Waals surface area contributed by atoms with E-state index in [-0.39, 0.29) is 11.5 Å². The monoisotopic (exact) mass is 355 g/mol. The summed E-state index contributed by atoms with van der Waals surface area (Å²) >= 11 is 0. The van der Waals surface area contributed by atoms with Gasteiger partial charge in [-0.15, -0.1) is 0 Å². The number of nitrogens with one attached hydrogen (secondary N) is 2. The highest BCUT2D eigenvalue weighted by Gasteiger charge is 2.19. The molecule has 3 rings (SSSR count). The highest BCUT2D eigenvalue weighted by atomic mass is 19.1. The molecule has 2 amide bonds. The highest BCUT2D eigenvalue weighted by molar-refractivity contribution is 6.05. The number of hydrogen-bond donors (Lipinski definition) is 2. The number of nitrogens with zero attached hydrogens (tertiary/aromatic N) is 1. The third-order valence-corrected chi connectivity index (χ3v) is 4.48. The predicted octanol–water partition coefficient (Wildman–Crippen LogP) is 2.82. The number of carbonyl (C=O) groups is 2. The molecule has 0 atom stereocenters. The van der Waals surface area contributed by atoms with Crippen LogP contribution in [0.4, 0.5) is 10.1 Å². The van der Waals surface area contributed by atoms with Crippen molar-refractivity contribution in [1.29, 1.82) is 0 Å². The van der Waals surface area contributed by atoms with Crippen LogP contribution in [0.15, 0.2) is 42.5 Å². The summed E-state index contributed by atoms with van der Waals surface area (Å²) in [5.74, 6) is -1.17. The minimum absolute atomic E-state index is 0.0257. The zero-order chi connectivity index (χ0) is 18.5. The van der Waals surface area contributed by atoms with E-state index in [1.54, 1.807) is 24.3 Å². The molecule has 1 aliphatic heterocycles. The van der Waals surface area contributed by atoms with Crippen LogP contribution in [0, 0.1) is 12.7 Å². The lowest BCUT2D eigenvalue weighted by Crippen LogP contribution is -2.34. The molecule has 5 nitrogen and oxygen atoms in total. The van der Waals surface area contributed by atoms with E-state index in [2.05, 4.69) is 10.6 Å². The van der Waals surface area contributed by atoms with Crippen LogP contribution < -0.4 is 10.6 Å². The number of anilines is 1. The molecule has 136 valence electrons. The zero-order valence-electron chi connectivity index (χ0n) is 14.7. The van der Waals surface area contributed by atoms with E-state index in [4.69, 9.17) is 0 Å². The first-order valence-electron chi connectivity index (χ1n) is 8.73. The summed E-state index contributed by atoms with van der Waals surface area (Å²) in [7, 11) is 0. The van der Waals surface area contributed by atoms with E-state index in [1.165, 1.54) is 18.2 Å². The van der Waals surface area contributed by atoms with E-state index >= 15 is 0 Å². The van der Waals surface area contributed by atoms with Gasteiger partial charge in [-0.2, -0.15) is 0 Å². The third kappa shape index (κ3) is 4.08. The van der Waals surface area contributed by atoms with Crippen LogP contribution in [0.25, 0.3) is 0 Å². The van der Waals surface area contributed by atoms with Gasteiger partial charge in [0.25, 0.3) is 11.8 Å². The van der Waals surface area contributed by atoms with Crippen LogP contribution >= 0.6 is 0 Å². The van der Waals surface area contributed by atoms with Gasteiger partial charge in [-0.1, -0.05) is 18.2 Å². The van der Waals surface area contributed by atoms with Gasteiger partial charge in [0.05, 0.1) is 5.56 Å². The lowest BCUT2D eigenvalue weighted by atomic mass is 10.1. The number of rotatable bonds is 3. The van der Waals surface area contributed by atoms with Crippen molar-refractivity contribution in [3.05, 3.63) is 65.0 Å². The first-order chi connectivity index (χ1) is 12.6. The standard InChI is InChI=1S/C20H22FN3O2/c1-14-7-8-15(20(26)24-11-4-9-22-10-12-24)13-18(14)23-19(25)16-5-2-3-6-17(16)21/h2-3,5-8,13,22H,4,9-12H2,1H3,(H,23,25). The van der Waals surface area contributed by atoms with Crippen molar-refractivity contribution in [1.82, 2.24) is 10.2 Å². The van der Waals surface area contributed by atoms with Gasteiger partial charge in [0.15, 0.2) is 0 Å². The summed E-state index contributed by atoms with van der Waals surface area (Å²) in [6, 6.07) is 11.0. The molecule has 1 heterocycles. The summed E-state index contributed by atoms with van der Waals surface area (Å²) in [5.41, 5.74) is 1.81. The summed E-state index contributed by atoms with van der Waals surface area (Å²) in [6.07, 6.45) is 0.911. The number of aryl methyl sites for hydroxylation is 1. The normalized spacial score (nSPS) is 14.6. The molecular formula is C20H22FN3O2. The number of benzene rings is 2. The zero-order valence-corrected chi connectivity index (χ0v) is 14.7. The van der Waals surface area contributed by atoms with Crippen molar-refractivity contribution in [2.75, 3.05) is 31.5 Å².